The molecule has 1 fully saturated rings. The molecule has 0 unspecified atom stereocenters. The number of halogens is 4. The summed E-state index contributed by atoms with van der Waals surface area (Å²) in [6, 6.07) is 13.6. The second-order valence-corrected chi connectivity index (χ2v) is 11.2. The second-order valence-electron chi connectivity index (χ2n) is 11.2. The Kier molecular flexibility index (Phi) is 8.23. The summed E-state index contributed by atoms with van der Waals surface area (Å²) < 4.78 is 64.4. The number of Topliss-reactive ketones (excluding diaryl/α,β-unsaturated/α-hetero) is 1. The molecule has 0 spiro atoms. The van der Waals surface area contributed by atoms with Crippen molar-refractivity contribution in [2.75, 3.05) is 7.05 Å². The summed E-state index contributed by atoms with van der Waals surface area (Å²) in [5, 5.41) is 3.16. The zero-order valence-corrected chi connectivity index (χ0v) is 23.5. The molecule has 1 amide bonds. The van der Waals surface area contributed by atoms with Gasteiger partial charge in [0.15, 0.2) is 5.78 Å². The smallest absolute Gasteiger partial charge is 0.345 e. The molecule has 42 heavy (non-hydrogen) atoms. The van der Waals surface area contributed by atoms with Crippen molar-refractivity contribution in [2.24, 2.45) is 5.41 Å². The fourth-order valence-electron chi connectivity index (χ4n) is 5.90. The van der Waals surface area contributed by atoms with Crippen LogP contribution >= 0.6 is 0 Å². The minimum absolute atomic E-state index is 0.000896. The monoisotopic (exact) mass is 581 g/mol. The maximum Gasteiger partial charge on any atom is 0.345 e. The summed E-state index contributed by atoms with van der Waals surface area (Å²) in [5.74, 6) is -1.60. The number of aryl methyl sites for hydroxylation is 1. The molecule has 1 aromatic heterocycles. The van der Waals surface area contributed by atoms with E-state index in [2.05, 4.69) is 10.1 Å². The first-order valence-electron chi connectivity index (χ1n) is 13.9. The van der Waals surface area contributed by atoms with Crippen molar-refractivity contribution in [3.8, 4) is 22.5 Å². The fourth-order valence-corrected chi connectivity index (χ4v) is 5.90. The lowest BCUT2D eigenvalue weighted by molar-refractivity contribution is -0.204. The third-order valence-electron chi connectivity index (χ3n) is 7.90. The molecular weight excluding hydrogens is 550 g/mol. The Bertz CT molecular complexity index is 1640. The maximum absolute atomic E-state index is 15.0. The van der Waals surface area contributed by atoms with E-state index in [-0.39, 0.29) is 23.5 Å². The number of carbonyl (C=O) groups excluding carboxylic acids is 2. The Morgan fingerprint density at radius 1 is 1.05 bits per heavy atom. The highest BCUT2D eigenvalue weighted by Crippen LogP contribution is 2.47. The number of fused-ring (bicyclic) bond motifs is 1. The van der Waals surface area contributed by atoms with Gasteiger partial charge < -0.3 is 14.5 Å². The molecule has 1 saturated carbocycles. The van der Waals surface area contributed by atoms with Crippen LogP contribution in [0.15, 0.2) is 59.0 Å². The van der Waals surface area contributed by atoms with Crippen LogP contribution in [0.2, 0.25) is 0 Å². The molecule has 0 bridgehead atoms. The lowest BCUT2D eigenvalue weighted by atomic mass is 9.65. The highest BCUT2D eigenvalue weighted by atomic mass is 19.3. The van der Waals surface area contributed by atoms with Crippen molar-refractivity contribution in [1.29, 1.82) is 0 Å². The Hall–Kier alpha value is -3.98. The molecule has 220 valence electrons. The van der Waals surface area contributed by atoms with Crippen molar-refractivity contribution in [3.05, 3.63) is 82.9 Å². The molecule has 5 rings (SSSR count). The molecule has 3 aromatic carbocycles. The van der Waals surface area contributed by atoms with Gasteiger partial charge >= 0.3 is 6.61 Å². The number of ketones is 1. The summed E-state index contributed by atoms with van der Waals surface area (Å²) in [6.07, 6.45) is 1.41. The zero-order valence-electron chi connectivity index (χ0n) is 23.5. The summed E-state index contributed by atoms with van der Waals surface area (Å²) in [5.41, 5.74) is 2.84. The average molecular weight is 582 g/mol. The van der Waals surface area contributed by atoms with E-state index in [0.29, 0.717) is 47.1 Å². The van der Waals surface area contributed by atoms with E-state index in [1.54, 1.807) is 6.07 Å². The standard InChI is InChI=1S/C33H31F4NO4/c1-4-5-19-13-28-25(29(31(40)38-3)30(42-28)18-6-9-21(34)10-7-18)14-23(19)20-8-11-26(35)24(12-20)27(39)17-33(2)15-22(16-33)41-32(36)37/h6-14,22,32H,4-5,15-17H2,1-3H3,(H,38,40). The van der Waals surface area contributed by atoms with E-state index in [4.69, 9.17) is 4.42 Å². The lowest BCUT2D eigenvalue weighted by Gasteiger charge is -2.44. The minimum atomic E-state index is -2.87. The fraction of sp³-hybridized carbons (Fsp3) is 0.333. The molecule has 0 radical (unpaired) electrons. The van der Waals surface area contributed by atoms with Gasteiger partial charge in [-0.05, 0) is 89.9 Å². The van der Waals surface area contributed by atoms with Crippen LogP contribution in [-0.4, -0.2) is 31.5 Å². The van der Waals surface area contributed by atoms with Gasteiger partial charge in [0, 0.05) is 24.4 Å². The van der Waals surface area contributed by atoms with Crippen LogP contribution in [0.5, 0.6) is 0 Å². The van der Waals surface area contributed by atoms with Crippen molar-refractivity contribution in [2.45, 2.75) is 58.7 Å². The number of hydrogen-bond acceptors (Lipinski definition) is 4. The van der Waals surface area contributed by atoms with Gasteiger partial charge in [-0.2, -0.15) is 8.78 Å². The summed E-state index contributed by atoms with van der Waals surface area (Å²) in [7, 11) is 1.50. The van der Waals surface area contributed by atoms with Crippen molar-refractivity contribution in [1.82, 2.24) is 5.32 Å². The molecule has 9 heteroatoms. The van der Waals surface area contributed by atoms with Crippen molar-refractivity contribution < 1.29 is 36.3 Å². The predicted molar refractivity (Wildman–Crippen MR) is 152 cm³/mol. The van der Waals surface area contributed by atoms with Crippen LogP contribution < -0.4 is 5.32 Å². The average Bonchev–Trinajstić information content (AvgIpc) is 3.30. The van der Waals surface area contributed by atoms with E-state index in [1.165, 1.54) is 43.4 Å². The van der Waals surface area contributed by atoms with Crippen LogP contribution in [0, 0.1) is 17.0 Å². The number of furan rings is 1. The largest absolute Gasteiger partial charge is 0.455 e. The Morgan fingerprint density at radius 2 is 1.74 bits per heavy atom. The van der Waals surface area contributed by atoms with Crippen LogP contribution in [-0.2, 0) is 11.2 Å². The van der Waals surface area contributed by atoms with Gasteiger partial charge in [0.05, 0.1) is 17.2 Å². The number of ether oxygens (including phenoxy) is 1. The first-order valence-corrected chi connectivity index (χ1v) is 13.9. The quantitative estimate of drug-likeness (QED) is 0.151. The second kappa shape index (κ2) is 11.7. The summed E-state index contributed by atoms with van der Waals surface area (Å²) in [6.45, 7) is 0.952. The van der Waals surface area contributed by atoms with Crippen LogP contribution in [0.1, 0.15) is 65.8 Å². The van der Waals surface area contributed by atoms with Crippen LogP contribution in [0.25, 0.3) is 33.4 Å². The SMILES string of the molecule is CCCc1cc2oc(-c3ccc(F)cc3)c(C(=O)NC)c2cc1-c1ccc(F)c(C(=O)CC2(C)CC(OC(F)F)C2)c1. The van der Waals surface area contributed by atoms with Crippen LogP contribution in [0.4, 0.5) is 17.6 Å². The van der Waals surface area contributed by atoms with E-state index in [0.717, 1.165) is 17.5 Å². The highest BCUT2D eigenvalue weighted by molar-refractivity contribution is 6.12. The lowest BCUT2D eigenvalue weighted by Crippen LogP contribution is -2.42. The molecule has 4 aromatic rings. The van der Waals surface area contributed by atoms with Gasteiger partial charge in [0.1, 0.15) is 23.0 Å². The van der Waals surface area contributed by atoms with Gasteiger partial charge in [0.25, 0.3) is 5.91 Å². The van der Waals surface area contributed by atoms with Gasteiger partial charge in [-0.25, -0.2) is 8.78 Å². The highest BCUT2D eigenvalue weighted by Gasteiger charge is 2.43. The third-order valence-corrected chi connectivity index (χ3v) is 7.90. The molecule has 0 aliphatic heterocycles. The molecule has 1 aliphatic rings. The molecule has 1 aliphatic carbocycles. The molecule has 5 nitrogen and oxygen atoms in total. The van der Waals surface area contributed by atoms with Crippen molar-refractivity contribution >= 4 is 22.7 Å². The normalized spacial score (nSPS) is 18.3. The number of carbonyl (C=O) groups is 2. The predicted octanol–water partition coefficient (Wildman–Crippen LogP) is 8.34. The number of hydrogen-bond donors (Lipinski definition) is 1. The van der Waals surface area contributed by atoms with Gasteiger partial charge in [-0.1, -0.05) is 26.3 Å². The summed E-state index contributed by atoms with van der Waals surface area (Å²) >= 11 is 0. The topological polar surface area (TPSA) is 68.5 Å². The number of alkyl halides is 2. The number of nitrogens with one attached hydrogen (secondary N) is 1. The Labute approximate surface area is 240 Å². The van der Waals surface area contributed by atoms with Crippen LogP contribution in [0.3, 0.4) is 0 Å². The molecular formula is C33H31F4NO4. The maximum atomic E-state index is 15.0. The Balaban J connectivity index is 1.56. The Morgan fingerprint density at radius 3 is 2.38 bits per heavy atom. The van der Waals surface area contributed by atoms with E-state index in [1.807, 2.05) is 26.0 Å². The number of rotatable bonds is 10. The van der Waals surface area contributed by atoms with E-state index < -0.39 is 35.5 Å². The number of amides is 1. The minimum Gasteiger partial charge on any atom is -0.455 e. The third kappa shape index (κ3) is 5.83. The number of benzene rings is 3. The molecule has 1 heterocycles. The van der Waals surface area contributed by atoms with E-state index >= 15 is 0 Å². The summed E-state index contributed by atoms with van der Waals surface area (Å²) in [4.78, 5) is 26.3. The van der Waals surface area contributed by atoms with E-state index in [9.17, 15) is 27.2 Å². The first-order chi connectivity index (χ1) is 20.0. The molecule has 1 N–H and O–H groups in total. The van der Waals surface area contributed by atoms with Crippen molar-refractivity contribution in [3.63, 3.8) is 0 Å². The molecule has 0 atom stereocenters. The van der Waals surface area contributed by atoms with Gasteiger partial charge in [-0.3, -0.25) is 9.59 Å². The zero-order chi connectivity index (χ0) is 30.2. The van der Waals surface area contributed by atoms with Gasteiger partial charge in [-0.15, -0.1) is 0 Å². The van der Waals surface area contributed by atoms with Gasteiger partial charge in [0.2, 0.25) is 0 Å². The molecule has 0 saturated heterocycles. The first kappa shape index (κ1) is 29.5.